The molecule has 1 heterocycles. The summed E-state index contributed by atoms with van der Waals surface area (Å²) in [7, 11) is 1.70. The van der Waals surface area contributed by atoms with Gasteiger partial charge >= 0.3 is 0 Å². The van der Waals surface area contributed by atoms with Gasteiger partial charge in [-0.2, -0.15) is 5.10 Å². The number of carbonyl (C=O) groups is 1. The number of nitrogen functional groups attached to an aromatic ring is 1. The second kappa shape index (κ2) is 5.56. The number of anilines is 1. The first-order chi connectivity index (χ1) is 9.15. The van der Waals surface area contributed by atoms with Crippen LogP contribution in [0.5, 0.6) is 5.75 Å². The zero-order valence-electron chi connectivity index (χ0n) is 11.1. The number of hydrogen-bond donors (Lipinski definition) is 1. The Labute approximate surface area is 112 Å². The number of rotatable bonds is 5. The topological polar surface area (TPSA) is 70.1 Å². The van der Waals surface area contributed by atoms with Gasteiger partial charge < -0.3 is 10.5 Å². The molecular weight excluding hydrogens is 242 g/mol. The number of carbonyl (C=O) groups excluding carboxylic acids is 1. The van der Waals surface area contributed by atoms with Crippen molar-refractivity contribution in [1.82, 2.24) is 9.78 Å². The van der Waals surface area contributed by atoms with Crippen LogP contribution in [-0.4, -0.2) is 22.2 Å². The molecule has 0 saturated heterocycles. The summed E-state index contributed by atoms with van der Waals surface area (Å²) >= 11 is 0. The van der Waals surface area contributed by atoms with E-state index >= 15 is 0 Å². The van der Waals surface area contributed by atoms with Gasteiger partial charge in [0.05, 0.1) is 23.9 Å². The summed E-state index contributed by atoms with van der Waals surface area (Å²) in [6, 6.07) is 7.17. The van der Waals surface area contributed by atoms with Crippen molar-refractivity contribution in [2.45, 2.75) is 13.3 Å². The first-order valence-corrected chi connectivity index (χ1v) is 6.19. The third kappa shape index (κ3) is 2.59. The van der Waals surface area contributed by atoms with Gasteiger partial charge in [0.1, 0.15) is 11.6 Å². The number of aromatic nitrogens is 2. The number of ketones is 1. The molecule has 100 valence electrons. The number of benzene rings is 1. The Morgan fingerprint density at radius 2 is 2.11 bits per heavy atom. The monoisotopic (exact) mass is 259 g/mol. The molecule has 2 rings (SSSR count). The minimum Gasteiger partial charge on any atom is -0.493 e. The minimum atomic E-state index is -0.169. The lowest BCUT2D eigenvalue weighted by atomic mass is 10.0. The fourth-order valence-electron chi connectivity index (χ4n) is 1.76. The molecule has 0 aliphatic carbocycles. The normalized spacial score (nSPS) is 10.4. The average Bonchev–Trinajstić information content (AvgIpc) is 2.76. The number of nitrogens with zero attached hydrogens (tertiary/aromatic N) is 2. The van der Waals surface area contributed by atoms with E-state index < -0.39 is 0 Å². The van der Waals surface area contributed by atoms with E-state index in [1.165, 1.54) is 10.9 Å². The van der Waals surface area contributed by atoms with E-state index in [4.69, 9.17) is 10.5 Å². The van der Waals surface area contributed by atoms with Crippen molar-refractivity contribution < 1.29 is 9.53 Å². The third-order valence-electron chi connectivity index (χ3n) is 2.82. The molecule has 0 spiro atoms. The molecule has 0 atom stereocenters. The van der Waals surface area contributed by atoms with E-state index in [2.05, 4.69) is 5.10 Å². The highest BCUT2D eigenvalue weighted by Gasteiger charge is 2.19. The highest BCUT2D eigenvalue weighted by atomic mass is 16.5. The van der Waals surface area contributed by atoms with Crippen molar-refractivity contribution in [2.24, 2.45) is 7.05 Å². The summed E-state index contributed by atoms with van der Waals surface area (Å²) in [5.41, 5.74) is 6.74. The molecule has 1 aromatic heterocycles. The molecule has 0 unspecified atom stereocenters. The van der Waals surface area contributed by atoms with Crippen LogP contribution in [0.3, 0.4) is 0 Å². The maximum Gasteiger partial charge on any atom is 0.202 e. The number of aryl methyl sites for hydroxylation is 1. The fourth-order valence-corrected chi connectivity index (χ4v) is 1.76. The summed E-state index contributed by atoms with van der Waals surface area (Å²) < 4.78 is 7.06. The lowest BCUT2D eigenvalue weighted by Gasteiger charge is -2.09. The Bertz CT molecular complexity index is 590. The van der Waals surface area contributed by atoms with Gasteiger partial charge in [-0.05, 0) is 18.6 Å². The Morgan fingerprint density at radius 3 is 2.74 bits per heavy atom. The molecule has 19 heavy (non-hydrogen) atoms. The van der Waals surface area contributed by atoms with Gasteiger partial charge in [-0.25, -0.2) is 0 Å². The second-order valence-electron chi connectivity index (χ2n) is 4.24. The van der Waals surface area contributed by atoms with Crippen LogP contribution in [0.2, 0.25) is 0 Å². The van der Waals surface area contributed by atoms with Crippen molar-refractivity contribution in [1.29, 1.82) is 0 Å². The maximum absolute atomic E-state index is 12.5. The average molecular weight is 259 g/mol. The fraction of sp³-hybridized carbons (Fsp3) is 0.286. The summed E-state index contributed by atoms with van der Waals surface area (Å²) in [5.74, 6) is 0.769. The molecule has 0 amide bonds. The van der Waals surface area contributed by atoms with E-state index in [-0.39, 0.29) is 5.78 Å². The molecule has 2 aromatic rings. The number of para-hydroxylation sites is 1. The van der Waals surface area contributed by atoms with E-state index in [1.807, 2.05) is 13.0 Å². The summed E-state index contributed by atoms with van der Waals surface area (Å²) in [6.07, 6.45) is 2.37. The Kier molecular flexibility index (Phi) is 3.85. The second-order valence-corrected chi connectivity index (χ2v) is 4.24. The van der Waals surface area contributed by atoms with Crippen LogP contribution in [0.1, 0.15) is 29.3 Å². The number of ether oxygens (including phenoxy) is 1. The molecule has 5 nitrogen and oxygen atoms in total. The highest BCUT2D eigenvalue weighted by Crippen LogP contribution is 2.23. The Hall–Kier alpha value is -2.30. The molecule has 0 saturated carbocycles. The molecular formula is C14H17N3O2. The molecule has 1 aromatic carbocycles. The third-order valence-corrected chi connectivity index (χ3v) is 2.82. The van der Waals surface area contributed by atoms with Crippen LogP contribution in [-0.2, 0) is 7.05 Å². The predicted molar refractivity (Wildman–Crippen MR) is 73.3 cm³/mol. The van der Waals surface area contributed by atoms with Gasteiger partial charge in [-0.1, -0.05) is 19.1 Å². The van der Waals surface area contributed by atoms with Gasteiger partial charge in [-0.3, -0.25) is 9.48 Å². The summed E-state index contributed by atoms with van der Waals surface area (Å²) in [4.78, 5) is 12.5. The van der Waals surface area contributed by atoms with Crippen molar-refractivity contribution in [3.63, 3.8) is 0 Å². The molecule has 0 bridgehead atoms. The smallest absolute Gasteiger partial charge is 0.202 e. The molecule has 0 radical (unpaired) electrons. The van der Waals surface area contributed by atoms with Crippen LogP contribution in [0.15, 0.2) is 30.5 Å². The van der Waals surface area contributed by atoms with Crippen LogP contribution in [0, 0.1) is 0 Å². The quantitative estimate of drug-likeness (QED) is 0.834. The first kappa shape index (κ1) is 13.1. The predicted octanol–water partition coefficient (Wildman–Crippen LogP) is 2.02. The van der Waals surface area contributed by atoms with Gasteiger partial charge in [0.2, 0.25) is 5.78 Å². The Morgan fingerprint density at radius 1 is 1.37 bits per heavy atom. The maximum atomic E-state index is 12.5. The van der Waals surface area contributed by atoms with Gasteiger partial charge in [0.15, 0.2) is 0 Å². The van der Waals surface area contributed by atoms with Gasteiger partial charge in [-0.15, -0.1) is 0 Å². The number of hydrogen-bond acceptors (Lipinski definition) is 4. The van der Waals surface area contributed by atoms with Crippen molar-refractivity contribution in [3.8, 4) is 5.75 Å². The van der Waals surface area contributed by atoms with Crippen LogP contribution in [0.4, 0.5) is 5.82 Å². The molecule has 0 aliphatic rings. The van der Waals surface area contributed by atoms with Crippen LogP contribution >= 0.6 is 0 Å². The molecule has 5 heteroatoms. The van der Waals surface area contributed by atoms with Crippen LogP contribution < -0.4 is 10.5 Å². The van der Waals surface area contributed by atoms with E-state index in [1.54, 1.807) is 25.2 Å². The number of nitrogens with two attached hydrogens (primary N) is 1. The lowest BCUT2D eigenvalue weighted by molar-refractivity contribution is 0.103. The molecule has 2 N–H and O–H groups in total. The summed E-state index contributed by atoms with van der Waals surface area (Å²) in [6.45, 7) is 2.59. The molecule has 0 aliphatic heterocycles. The zero-order chi connectivity index (χ0) is 13.8. The van der Waals surface area contributed by atoms with Crippen molar-refractivity contribution >= 4 is 11.6 Å². The minimum absolute atomic E-state index is 0.169. The van der Waals surface area contributed by atoms with E-state index in [9.17, 15) is 4.79 Å². The Balaban J connectivity index is 2.36. The van der Waals surface area contributed by atoms with E-state index in [0.29, 0.717) is 29.3 Å². The standard InChI is InChI=1S/C14H17N3O2/c1-3-8-19-12-7-5-4-6-10(12)13(18)11-9-16-17(2)14(11)15/h4-7,9H,3,8,15H2,1-2H3. The zero-order valence-corrected chi connectivity index (χ0v) is 11.1. The highest BCUT2D eigenvalue weighted by molar-refractivity contribution is 6.13. The van der Waals surface area contributed by atoms with Gasteiger partial charge in [0.25, 0.3) is 0 Å². The SMILES string of the molecule is CCCOc1ccccc1C(=O)c1cnn(C)c1N. The van der Waals surface area contributed by atoms with Gasteiger partial charge in [0, 0.05) is 7.05 Å². The largest absolute Gasteiger partial charge is 0.493 e. The summed E-state index contributed by atoms with van der Waals surface area (Å²) in [5, 5.41) is 3.98. The first-order valence-electron chi connectivity index (χ1n) is 6.19. The molecule has 0 fully saturated rings. The van der Waals surface area contributed by atoms with E-state index in [0.717, 1.165) is 6.42 Å². The van der Waals surface area contributed by atoms with Crippen molar-refractivity contribution in [3.05, 3.63) is 41.6 Å². The lowest BCUT2D eigenvalue weighted by Crippen LogP contribution is -2.08. The van der Waals surface area contributed by atoms with Crippen molar-refractivity contribution in [2.75, 3.05) is 12.3 Å². The van der Waals surface area contributed by atoms with Crippen LogP contribution in [0.25, 0.3) is 0 Å².